The number of sulfone groups is 1. The molecule has 0 fully saturated rings. The maximum Gasteiger partial charge on any atom is 0.337 e. The fraction of sp³-hybridized carbons (Fsp3) is 0.0714. The minimum Gasteiger partial charge on any atom is -0.478 e. The Hall–Kier alpha value is -1.37. The summed E-state index contributed by atoms with van der Waals surface area (Å²) in [6.07, 6.45) is 0. The van der Waals surface area contributed by atoms with Crippen LogP contribution in [0.1, 0.15) is 15.9 Å². The Balaban J connectivity index is 2.46. The van der Waals surface area contributed by atoms with E-state index in [0.717, 1.165) is 4.47 Å². The molecule has 4 nitrogen and oxygen atoms in total. The number of carbonyl (C=O) groups is 1. The first-order chi connectivity index (χ1) is 9.81. The molecule has 0 saturated heterocycles. The van der Waals surface area contributed by atoms with Crippen LogP contribution < -0.4 is 0 Å². The fourth-order valence-corrected chi connectivity index (χ4v) is 4.25. The Labute approximate surface area is 135 Å². The number of benzene rings is 2. The van der Waals surface area contributed by atoms with E-state index in [1.807, 2.05) is 0 Å². The van der Waals surface area contributed by atoms with Crippen LogP contribution >= 0.6 is 27.5 Å². The van der Waals surface area contributed by atoms with Gasteiger partial charge >= 0.3 is 5.97 Å². The highest BCUT2D eigenvalue weighted by atomic mass is 79.9. The third kappa shape index (κ3) is 3.64. The second-order valence-electron chi connectivity index (χ2n) is 4.30. The summed E-state index contributed by atoms with van der Waals surface area (Å²) in [6.45, 7) is 0. The molecule has 2 rings (SSSR count). The van der Waals surface area contributed by atoms with Crippen molar-refractivity contribution in [1.29, 1.82) is 0 Å². The molecule has 7 heteroatoms. The molecule has 0 bridgehead atoms. The van der Waals surface area contributed by atoms with E-state index in [9.17, 15) is 13.2 Å². The number of aromatic carboxylic acids is 1. The van der Waals surface area contributed by atoms with Gasteiger partial charge < -0.3 is 5.11 Å². The summed E-state index contributed by atoms with van der Waals surface area (Å²) in [7, 11) is -3.80. The first-order valence-electron chi connectivity index (χ1n) is 5.80. The molecule has 0 aliphatic carbocycles. The minimum absolute atomic E-state index is 0.212. The van der Waals surface area contributed by atoms with Crippen molar-refractivity contribution < 1.29 is 18.3 Å². The van der Waals surface area contributed by atoms with Crippen molar-refractivity contribution in [2.45, 2.75) is 10.6 Å². The molecular weight excluding hydrogens is 380 g/mol. The lowest BCUT2D eigenvalue weighted by Gasteiger charge is -2.09. The van der Waals surface area contributed by atoms with Crippen LogP contribution in [0.2, 0.25) is 5.02 Å². The van der Waals surface area contributed by atoms with Crippen molar-refractivity contribution in [2.24, 2.45) is 0 Å². The van der Waals surface area contributed by atoms with Crippen LogP contribution in [0.3, 0.4) is 0 Å². The fourth-order valence-electron chi connectivity index (χ4n) is 1.84. The van der Waals surface area contributed by atoms with Crippen molar-refractivity contribution in [3.8, 4) is 0 Å². The summed E-state index contributed by atoms with van der Waals surface area (Å²) in [6, 6.07) is 10.4. The number of carboxylic acids is 1. The Morgan fingerprint density at radius 2 is 1.86 bits per heavy atom. The Kier molecular flexibility index (Phi) is 4.70. The molecule has 2 aromatic carbocycles. The predicted molar refractivity (Wildman–Crippen MR) is 83.4 cm³/mol. The zero-order valence-electron chi connectivity index (χ0n) is 10.6. The third-order valence-corrected chi connectivity index (χ3v) is 5.38. The number of carboxylic acid groups (broad SMARTS) is 1. The second-order valence-corrected chi connectivity index (χ2v) is 7.58. The highest BCUT2D eigenvalue weighted by molar-refractivity contribution is 9.10. The third-order valence-electron chi connectivity index (χ3n) is 2.81. The van der Waals surface area contributed by atoms with E-state index < -0.39 is 15.8 Å². The molecule has 0 aliphatic heterocycles. The first-order valence-corrected chi connectivity index (χ1v) is 8.62. The molecule has 1 N–H and O–H groups in total. The summed E-state index contributed by atoms with van der Waals surface area (Å²) >= 11 is 9.25. The lowest BCUT2D eigenvalue weighted by molar-refractivity contribution is 0.0692. The smallest absolute Gasteiger partial charge is 0.337 e. The number of halogens is 2. The van der Waals surface area contributed by atoms with Gasteiger partial charge in [-0.1, -0.05) is 45.7 Å². The Morgan fingerprint density at radius 1 is 1.19 bits per heavy atom. The molecule has 0 amide bonds. The van der Waals surface area contributed by atoms with Gasteiger partial charge in [-0.15, -0.1) is 0 Å². The van der Waals surface area contributed by atoms with Gasteiger partial charge in [0.1, 0.15) is 0 Å². The molecule has 0 radical (unpaired) electrons. The lowest BCUT2D eigenvalue weighted by atomic mass is 10.2. The van der Waals surface area contributed by atoms with E-state index in [4.69, 9.17) is 16.7 Å². The van der Waals surface area contributed by atoms with Crippen LogP contribution in [0.25, 0.3) is 0 Å². The minimum atomic E-state index is -3.80. The van der Waals surface area contributed by atoms with Crippen molar-refractivity contribution >= 4 is 43.3 Å². The standard InChI is InChI=1S/C14H10BrClO4S/c15-10-6-5-9(12(16)7-10)8-21(19,20)13-4-2-1-3-11(13)14(17)18/h1-7H,8H2,(H,17,18). The SMILES string of the molecule is O=C(O)c1ccccc1S(=O)(=O)Cc1ccc(Br)cc1Cl. The molecule has 0 aliphatic rings. The quantitative estimate of drug-likeness (QED) is 0.864. The van der Waals surface area contributed by atoms with Gasteiger partial charge in [0.05, 0.1) is 16.2 Å². The van der Waals surface area contributed by atoms with E-state index in [1.165, 1.54) is 24.3 Å². The zero-order valence-corrected chi connectivity index (χ0v) is 13.7. The van der Waals surface area contributed by atoms with E-state index in [0.29, 0.717) is 10.6 Å². The van der Waals surface area contributed by atoms with E-state index >= 15 is 0 Å². The van der Waals surface area contributed by atoms with Crippen LogP contribution in [0.5, 0.6) is 0 Å². The van der Waals surface area contributed by atoms with Crippen molar-refractivity contribution in [3.05, 3.63) is 63.1 Å². The van der Waals surface area contributed by atoms with Gasteiger partial charge in [0, 0.05) is 9.50 Å². The normalized spacial score (nSPS) is 11.3. The van der Waals surface area contributed by atoms with Crippen LogP contribution in [-0.2, 0) is 15.6 Å². The van der Waals surface area contributed by atoms with Crippen molar-refractivity contribution in [2.75, 3.05) is 0 Å². The average Bonchev–Trinajstić information content (AvgIpc) is 2.42. The largest absolute Gasteiger partial charge is 0.478 e. The average molecular weight is 390 g/mol. The molecular formula is C14H10BrClO4S. The maximum absolute atomic E-state index is 12.4. The molecule has 0 aromatic heterocycles. The monoisotopic (exact) mass is 388 g/mol. The molecule has 0 unspecified atom stereocenters. The molecule has 0 spiro atoms. The topological polar surface area (TPSA) is 71.4 Å². The van der Waals surface area contributed by atoms with Crippen LogP contribution in [0, 0.1) is 0 Å². The number of hydrogen-bond donors (Lipinski definition) is 1. The summed E-state index contributed by atoms with van der Waals surface area (Å²) in [5, 5.41) is 9.40. The van der Waals surface area contributed by atoms with Gasteiger partial charge in [-0.05, 0) is 29.8 Å². The second kappa shape index (κ2) is 6.17. The molecule has 21 heavy (non-hydrogen) atoms. The molecule has 0 saturated carbocycles. The Morgan fingerprint density at radius 3 is 2.48 bits per heavy atom. The highest BCUT2D eigenvalue weighted by Crippen LogP contribution is 2.26. The van der Waals surface area contributed by atoms with E-state index in [1.54, 1.807) is 18.2 Å². The summed E-state index contributed by atoms with van der Waals surface area (Å²) < 4.78 is 25.6. The Bertz CT molecular complexity index is 802. The molecule has 0 heterocycles. The number of hydrogen-bond acceptors (Lipinski definition) is 3. The van der Waals surface area contributed by atoms with E-state index in [-0.39, 0.29) is 16.2 Å². The van der Waals surface area contributed by atoms with Crippen molar-refractivity contribution in [3.63, 3.8) is 0 Å². The summed E-state index contributed by atoms with van der Waals surface area (Å²) in [5.41, 5.74) is 0.172. The van der Waals surface area contributed by atoms with Gasteiger partial charge in [0.15, 0.2) is 9.84 Å². The van der Waals surface area contributed by atoms with E-state index in [2.05, 4.69) is 15.9 Å². The predicted octanol–water partition coefficient (Wildman–Crippen LogP) is 3.77. The van der Waals surface area contributed by atoms with Crippen LogP contribution in [0.15, 0.2) is 51.8 Å². The number of rotatable bonds is 4. The van der Waals surface area contributed by atoms with Gasteiger partial charge in [-0.2, -0.15) is 0 Å². The van der Waals surface area contributed by atoms with Crippen LogP contribution in [-0.4, -0.2) is 19.5 Å². The molecule has 2 aromatic rings. The highest BCUT2D eigenvalue weighted by Gasteiger charge is 2.23. The van der Waals surface area contributed by atoms with Gasteiger partial charge in [-0.3, -0.25) is 0 Å². The van der Waals surface area contributed by atoms with Crippen molar-refractivity contribution in [1.82, 2.24) is 0 Å². The first kappa shape index (κ1) is 16.0. The summed E-state index contributed by atoms with van der Waals surface area (Å²) in [5.74, 6) is -1.64. The summed E-state index contributed by atoms with van der Waals surface area (Å²) in [4.78, 5) is 10.9. The van der Waals surface area contributed by atoms with Crippen LogP contribution in [0.4, 0.5) is 0 Å². The maximum atomic E-state index is 12.4. The zero-order chi connectivity index (χ0) is 15.6. The lowest BCUT2D eigenvalue weighted by Crippen LogP contribution is -2.11. The van der Waals surface area contributed by atoms with Gasteiger partial charge in [0.25, 0.3) is 0 Å². The van der Waals surface area contributed by atoms with Gasteiger partial charge in [-0.25, -0.2) is 13.2 Å². The molecule has 0 atom stereocenters. The van der Waals surface area contributed by atoms with Gasteiger partial charge in [0.2, 0.25) is 0 Å². The molecule has 110 valence electrons.